The Morgan fingerprint density at radius 1 is 0.808 bits per heavy atom. The third-order valence-corrected chi connectivity index (χ3v) is 5.30. The molecule has 0 aliphatic carbocycles. The van der Waals surface area contributed by atoms with Gasteiger partial charge in [-0.2, -0.15) is 0 Å². The van der Waals surface area contributed by atoms with E-state index in [9.17, 15) is 4.79 Å². The number of carbonyl (C=O) groups excluding carboxylic acids is 1. The van der Waals surface area contributed by atoms with E-state index in [4.69, 9.17) is 4.74 Å². The summed E-state index contributed by atoms with van der Waals surface area (Å²) < 4.78 is 7.59. The first-order chi connectivity index (χ1) is 12.5. The second kappa shape index (κ2) is 6.86. The normalized spacial score (nSPS) is 11.0. The molecule has 4 aromatic carbocycles. The van der Waals surface area contributed by atoms with Crippen molar-refractivity contribution in [1.29, 1.82) is 0 Å². The molecule has 0 saturated heterocycles. The molecule has 0 heterocycles. The van der Waals surface area contributed by atoms with Gasteiger partial charge in [0.25, 0.3) is 0 Å². The van der Waals surface area contributed by atoms with Gasteiger partial charge in [0, 0.05) is 21.4 Å². The second-order valence-corrected chi connectivity index (χ2v) is 7.90. The zero-order valence-corrected chi connectivity index (χ0v) is 17.1. The SMILES string of the molecule is CC(=O)Oc1ccc2cc(Br)ccc2c1-c1cccc2cc(Br)ccc12. The van der Waals surface area contributed by atoms with Gasteiger partial charge >= 0.3 is 5.97 Å². The summed E-state index contributed by atoms with van der Waals surface area (Å²) in [6.45, 7) is 1.43. The van der Waals surface area contributed by atoms with Crippen LogP contribution in [0.4, 0.5) is 0 Å². The number of hydrogen-bond donors (Lipinski definition) is 0. The minimum atomic E-state index is -0.328. The Bertz CT molecular complexity index is 1170. The Morgan fingerprint density at radius 2 is 1.46 bits per heavy atom. The number of hydrogen-bond acceptors (Lipinski definition) is 2. The number of fused-ring (bicyclic) bond motifs is 2. The molecular weight excluding hydrogens is 456 g/mol. The highest BCUT2D eigenvalue weighted by Crippen LogP contribution is 2.41. The van der Waals surface area contributed by atoms with E-state index in [0.717, 1.165) is 41.6 Å². The molecule has 4 rings (SSSR count). The molecule has 0 amide bonds. The third-order valence-electron chi connectivity index (χ3n) is 4.31. The largest absolute Gasteiger partial charge is 0.426 e. The highest BCUT2D eigenvalue weighted by atomic mass is 79.9. The van der Waals surface area contributed by atoms with Gasteiger partial charge in [0.15, 0.2) is 0 Å². The molecule has 0 unspecified atom stereocenters. The minimum Gasteiger partial charge on any atom is -0.426 e. The highest BCUT2D eigenvalue weighted by Gasteiger charge is 2.15. The van der Waals surface area contributed by atoms with Crippen molar-refractivity contribution in [3.63, 3.8) is 0 Å². The molecule has 0 aliphatic heterocycles. The van der Waals surface area contributed by atoms with Crippen molar-refractivity contribution in [2.75, 3.05) is 0 Å². The topological polar surface area (TPSA) is 26.3 Å². The molecule has 0 spiro atoms. The smallest absolute Gasteiger partial charge is 0.308 e. The first-order valence-electron chi connectivity index (χ1n) is 8.12. The fourth-order valence-corrected chi connectivity index (χ4v) is 4.03. The number of carbonyl (C=O) groups is 1. The van der Waals surface area contributed by atoms with Crippen LogP contribution in [0.3, 0.4) is 0 Å². The summed E-state index contributed by atoms with van der Waals surface area (Å²) in [5, 5.41) is 4.36. The van der Waals surface area contributed by atoms with Gasteiger partial charge in [-0.3, -0.25) is 4.79 Å². The van der Waals surface area contributed by atoms with Crippen LogP contribution in [0.15, 0.2) is 75.7 Å². The summed E-state index contributed by atoms with van der Waals surface area (Å²) >= 11 is 7.06. The molecule has 26 heavy (non-hydrogen) atoms. The summed E-state index contributed by atoms with van der Waals surface area (Å²) in [5.74, 6) is 0.244. The molecule has 0 bridgehead atoms. The zero-order valence-electron chi connectivity index (χ0n) is 13.9. The molecule has 0 aliphatic rings. The van der Waals surface area contributed by atoms with E-state index < -0.39 is 0 Å². The van der Waals surface area contributed by atoms with Crippen LogP contribution in [0, 0.1) is 0 Å². The van der Waals surface area contributed by atoms with E-state index in [1.165, 1.54) is 6.92 Å². The van der Waals surface area contributed by atoms with E-state index in [0.29, 0.717) is 5.75 Å². The molecular formula is C22H14Br2O2. The molecule has 0 saturated carbocycles. The van der Waals surface area contributed by atoms with Gasteiger partial charge in [-0.25, -0.2) is 0 Å². The van der Waals surface area contributed by atoms with Crippen LogP contribution < -0.4 is 4.74 Å². The Balaban J connectivity index is 2.11. The maximum atomic E-state index is 11.7. The van der Waals surface area contributed by atoms with Crippen LogP contribution >= 0.6 is 31.9 Å². The van der Waals surface area contributed by atoms with Gasteiger partial charge in [-0.05, 0) is 57.4 Å². The lowest BCUT2D eigenvalue weighted by atomic mass is 9.93. The molecule has 0 radical (unpaired) electrons. The van der Waals surface area contributed by atoms with E-state index in [-0.39, 0.29) is 5.97 Å². The van der Waals surface area contributed by atoms with Crippen LogP contribution in [0.25, 0.3) is 32.7 Å². The second-order valence-electron chi connectivity index (χ2n) is 6.07. The van der Waals surface area contributed by atoms with Gasteiger partial charge in [-0.15, -0.1) is 0 Å². The van der Waals surface area contributed by atoms with Gasteiger partial charge in [0.05, 0.1) is 0 Å². The number of benzene rings is 4. The summed E-state index contributed by atoms with van der Waals surface area (Å²) in [5.41, 5.74) is 1.97. The average Bonchev–Trinajstić information content (AvgIpc) is 2.60. The van der Waals surface area contributed by atoms with Crippen molar-refractivity contribution < 1.29 is 9.53 Å². The molecule has 0 fully saturated rings. The maximum Gasteiger partial charge on any atom is 0.308 e. The van der Waals surface area contributed by atoms with Crippen molar-refractivity contribution >= 4 is 59.4 Å². The Kier molecular flexibility index (Phi) is 4.55. The molecule has 4 heteroatoms. The Hall–Kier alpha value is -2.17. The lowest BCUT2D eigenvalue weighted by Crippen LogP contribution is -2.03. The standard InChI is InChI=1S/C22H14Br2O2/c1-13(25)26-21-10-5-15-12-17(24)7-9-19(15)22(21)20-4-2-3-14-11-16(23)6-8-18(14)20/h2-12H,1H3. The van der Waals surface area contributed by atoms with Crippen molar-refractivity contribution in [3.05, 3.63) is 75.7 Å². The fourth-order valence-electron chi connectivity index (χ4n) is 3.27. The molecule has 2 nitrogen and oxygen atoms in total. The predicted molar refractivity (Wildman–Crippen MR) is 114 cm³/mol. The van der Waals surface area contributed by atoms with Crippen molar-refractivity contribution in [2.45, 2.75) is 6.92 Å². The molecule has 4 aromatic rings. The van der Waals surface area contributed by atoms with Crippen LogP contribution in [0.5, 0.6) is 5.75 Å². The fraction of sp³-hybridized carbons (Fsp3) is 0.0455. The number of rotatable bonds is 2. The maximum absolute atomic E-state index is 11.7. The lowest BCUT2D eigenvalue weighted by molar-refractivity contribution is -0.131. The highest BCUT2D eigenvalue weighted by molar-refractivity contribution is 9.10. The van der Waals surface area contributed by atoms with Gasteiger partial charge in [0.1, 0.15) is 5.75 Å². The van der Waals surface area contributed by atoms with E-state index in [2.05, 4.69) is 68.3 Å². The van der Waals surface area contributed by atoms with Crippen LogP contribution in [-0.2, 0) is 4.79 Å². The number of esters is 1. The lowest BCUT2D eigenvalue weighted by Gasteiger charge is -2.15. The summed E-state index contributed by atoms with van der Waals surface area (Å²) in [7, 11) is 0. The Labute approximate surface area is 168 Å². The van der Waals surface area contributed by atoms with Gasteiger partial charge in [-0.1, -0.05) is 68.3 Å². The average molecular weight is 470 g/mol. The number of ether oxygens (including phenoxy) is 1. The summed E-state index contributed by atoms with van der Waals surface area (Å²) in [6, 6.07) is 22.3. The minimum absolute atomic E-state index is 0.328. The summed E-state index contributed by atoms with van der Waals surface area (Å²) in [4.78, 5) is 11.7. The first-order valence-corrected chi connectivity index (χ1v) is 9.71. The first kappa shape index (κ1) is 17.3. The molecule has 0 aromatic heterocycles. The summed E-state index contributed by atoms with van der Waals surface area (Å²) in [6.07, 6.45) is 0. The zero-order chi connectivity index (χ0) is 18.3. The Morgan fingerprint density at radius 3 is 2.15 bits per heavy atom. The van der Waals surface area contributed by atoms with Crippen LogP contribution in [0.2, 0.25) is 0 Å². The van der Waals surface area contributed by atoms with Gasteiger partial charge in [0.2, 0.25) is 0 Å². The van der Waals surface area contributed by atoms with E-state index in [1.807, 2.05) is 30.3 Å². The molecule has 0 atom stereocenters. The third kappa shape index (κ3) is 3.15. The van der Waals surface area contributed by atoms with E-state index >= 15 is 0 Å². The van der Waals surface area contributed by atoms with Crippen molar-refractivity contribution in [2.24, 2.45) is 0 Å². The van der Waals surface area contributed by atoms with Crippen LogP contribution in [-0.4, -0.2) is 5.97 Å². The van der Waals surface area contributed by atoms with Crippen LogP contribution in [0.1, 0.15) is 6.92 Å². The number of halogens is 2. The quantitative estimate of drug-likeness (QED) is 0.231. The monoisotopic (exact) mass is 468 g/mol. The van der Waals surface area contributed by atoms with E-state index in [1.54, 1.807) is 0 Å². The molecule has 0 N–H and O–H groups in total. The predicted octanol–water partition coefficient (Wildman–Crippen LogP) is 7.11. The van der Waals surface area contributed by atoms with Crippen molar-refractivity contribution in [1.82, 2.24) is 0 Å². The van der Waals surface area contributed by atoms with Crippen molar-refractivity contribution in [3.8, 4) is 16.9 Å². The van der Waals surface area contributed by atoms with Gasteiger partial charge < -0.3 is 4.74 Å². The molecule has 128 valence electrons.